The number of rotatable bonds is 5. The molecule has 0 unspecified atom stereocenters. The Morgan fingerprint density at radius 2 is 1.81 bits per heavy atom. The van der Waals surface area contributed by atoms with Crippen molar-refractivity contribution in [3.8, 4) is 0 Å². The molecule has 2 saturated heterocycles. The largest absolute Gasteiger partial charge is 0.396 e. The number of hydrogen-bond donors (Lipinski definition) is 1. The van der Waals surface area contributed by atoms with E-state index in [0.717, 1.165) is 74.0 Å². The quantitative estimate of drug-likeness (QED) is 0.837. The summed E-state index contributed by atoms with van der Waals surface area (Å²) in [6.45, 7) is 8.61. The highest BCUT2D eigenvalue weighted by molar-refractivity contribution is 6.35. The van der Waals surface area contributed by atoms with E-state index in [1.807, 2.05) is 23.9 Å². The molecule has 2 aliphatic heterocycles. The van der Waals surface area contributed by atoms with Crippen LogP contribution in [0.3, 0.4) is 0 Å². The van der Waals surface area contributed by atoms with E-state index < -0.39 is 0 Å². The number of aromatic nitrogens is 2. The number of piperazine rings is 1. The molecule has 1 aromatic carbocycles. The molecule has 6 nitrogen and oxygen atoms in total. The van der Waals surface area contributed by atoms with Crippen molar-refractivity contribution in [2.24, 2.45) is 18.9 Å². The Bertz CT molecular complexity index is 786. The van der Waals surface area contributed by atoms with Gasteiger partial charge in [-0.15, -0.1) is 0 Å². The standard InChI is InChI=1S/C20H30ClN5O/c1-23-6-8-25(9-7-23)10-15-11-26(12-16(15)14-27)13-18-20-17(21)4-3-5-19(20)24(2)22-18/h3-5,15-16,27H,6-14H2,1-2H3/t15-,16-/m1/s1. The van der Waals surface area contributed by atoms with E-state index in [0.29, 0.717) is 11.8 Å². The fourth-order valence-corrected chi connectivity index (χ4v) is 4.89. The number of likely N-dealkylation sites (tertiary alicyclic amines) is 1. The van der Waals surface area contributed by atoms with Gasteiger partial charge in [0.05, 0.1) is 16.2 Å². The van der Waals surface area contributed by atoms with Crippen LogP contribution in [0.25, 0.3) is 10.9 Å². The number of nitrogens with zero attached hydrogens (tertiary/aromatic N) is 5. The number of halogens is 1. The van der Waals surface area contributed by atoms with Gasteiger partial charge in [0.25, 0.3) is 0 Å². The molecule has 0 amide bonds. The Morgan fingerprint density at radius 3 is 2.56 bits per heavy atom. The summed E-state index contributed by atoms with van der Waals surface area (Å²) >= 11 is 6.46. The molecule has 4 rings (SSSR count). The van der Waals surface area contributed by atoms with Gasteiger partial charge in [0, 0.05) is 71.4 Å². The Balaban J connectivity index is 1.45. The van der Waals surface area contributed by atoms with Gasteiger partial charge in [0.15, 0.2) is 0 Å². The van der Waals surface area contributed by atoms with E-state index in [9.17, 15) is 5.11 Å². The van der Waals surface area contributed by atoms with Crippen LogP contribution in [-0.4, -0.2) is 89.1 Å². The van der Waals surface area contributed by atoms with Gasteiger partial charge in [0.1, 0.15) is 0 Å². The molecule has 1 N–H and O–H groups in total. The minimum absolute atomic E-state index is 0.263. The second-order valence-electron chi connectivity index (χ2n) is 8.20. The lowest BCUT2D eigenvalue weighted by molar-refractivity contribution is 0.116. The van der Waals surface area contributed by atoms with Crippen molar-refractivity contribution in [2.45, 2.75) is 6.54 Å². The van der Waals surface area contributed by atoms with Gasteiger partial charge >= 0.3 is 0 Å². The molecule has 0 radical (unpaired) electrons. The lowest BCUT2D eigenvalue weighted by Gasteiger charge is -2.34. The molecule has 2 atom stereocenters. The van der Waals surface area contributed by atoms with Gasteiger partial charge in [-0.05, 0) is 31.0 Å². The topological polar surface area (TPSA) is 47.8 Å². The number of aryl methyl sites for hydroxylation is 1. The summed E-state index contributed by atoms with van der Waals surface area (Å²) in [4.78, 5) is 7.38. The Hall–Kier alpha value is -1.18. The van der Waals surface area contributed by atoms with Crippen molar-refractivity contribution < 1.29 is 5.11 Å². The summed E-state index contributed by atoms with van der Waals surface area (Å²) in [5, 5.41) is 16.5. The lowest BCUT2D eigenvalue weighted by Crippen LogP contribution is -2.47. The number of fused-ring (bicyclic) bond motifs is 1. The van der Waals surface area contributed by atoms with Crippen molar-refractivity contribution in [2.75, 3.05) is 59.5 Å². The summed E-state index contributed by atoms with van der Waals surface area (Å²) in [7, 11) is 4.16. The number of benzene rings is 1. The molecule has 0 spiro atoms. The maximum Gasteiger partial charge on any atom is 0.0858 e. The molecule has 2 aliphatic rings. The van der Waals surface area contributed by atoms with Crippen molar-refractivity contribution in [1.29, 1.82) is 0 Å². The van der Waals surface area contributed by atoms with E-state index in [2.05, 4.69) is 27.8 Å². The van der Waals surface area contributed by atoms with Crippen LogP contribution < -0.4 is 0 Å². The summed E-state index contributed by atoms with van der Waals surface area (Å²) in [6.07, 6.45) is 0. The first-order valence-corrected chi connectivity index (χ1v) is 10.3. The highest BCUT2D eigenvalue weighted by atomic mass is 35.5. The zero-order valence-electron chi connectivity index (χ0n) is 16.3. The smallest absolute Gasteiger partial charge is 0.0858 e. The molecule has 7 heteroatoms. The van der Waals surface area contributed by atoms with Crippen LogP contribution in [0.15, 0.2) is 18.2 Å². The van der Waals surface area contributed by atoms with Crippen molar-refractivity contribution in [3.05, 3.63) is 28.9 Å². The first kappa shape index (κ1) is 19.2. The zero-order valence-corrected chi connectivity index (χ0v) is 17.1. The van der Waals surface area contributed by atoms with Gasteiger partial charge < -0.3 is 14.9 Å². The third kappa shape index (κ3) is 4.00. The fourth-order valence-electron chi connectivity index (χ4n) is 4.62. The van der Waals surface area contributed by atoms with Crippen LogP contribution in [0.2, 0.25) is 5.02 Å². The number of likely N-dealkylation sites (N-methyl/N-ethyl adjacent to an activating group) is 1. The van der Waals surface area contributed by atoms with Crippen LogP contribution in [0.5, 0.6) is 0 Å². The van der Waals surface area contributed by atoms with E-state index in [1.54, 1.807) is 0 Å². The molecule has 148 valence electrons. The van der Waals surface area contributed by atoms with Gasteiger partial charge in [-0.1, -0.05) is 17.7 Å². The molecule has 0 aliphatic carbocycles. The number of aliphatic hydroxyl groups is 1. The van der Waals surface area contributed by atoms with Crippen LogP contribution >= 0.6 is 11.6 Å². The van der Waals surface area contributed by atoms with Crippen LogP contribution in [0.4, 0.5) is 0 Å². The zero-order chi connectivity index (χ0) is 19.0. The van der Waals surface area contributed by atoms with Crippen LogP contribution in [-0.2, 0) is 13.6 Å². The molecule has 1 aromatic heterocycles. The maximum absolute atomic E-state index is 9.92. The average Bonchev–Trinajstić information content (AvgIpc) is 3.18. The van der Waals surface area contributed by atoms with Gasteiger partial charge in [-0.2, -0.15) is 5.10 Å². The SMILES string of the molecule is CN1CCN(C[C@@H]2CN(Cc3nn(C)c4cccc(Cl)c34)C[C@@H]2CO)CC1. The van der Waals surface area contributed by atoms with Gasteiger partial charge in [-0.25, -0.2) is 0 Å². The minimum Gasteiger partial charge on any atom is -0.396 e. The monoisotopic (exact) mass is 391 g/mol. The third-order valence-corrected chi connectivity index (χ3v) is 6.56. The van der Waals surface area contributed by atoms with Gasteiger partial charge in [0.2, 0.25) is 0 Å². The highest BCUT2D eigenvalue weighted by Crippen LogP contribution is 2.30. The van der Waals surface area contributed by atoms with Crippen molar-refractivity contribution >= 4 is 22.5 Å². The summed E-state index contributed by atoms with van der Waals surface area (Å²) in [5.74, 6) is 0.860. The normalized spacial score (nSPS) is 25.6. The first-order valence-electron chi connectivity index (χ1n) is 9.89. The third-order valence-electron chi connectivity index (χ3n) is 6.25. The Morgan fingerprint density at radius 1 is 1.07 bits per heavy atom. The van der Waals surface area contributed by atoms with Crippen molar-refractivity contribution in [1.82, 2.24) is 24.5 Å². The van der Waals surface area contributed by atoms with E-state index in [1.165, 1.54) is 0 Å². The van der Waals surface area contributed by atoms with Crippen LogP contribution in [0.1, 0.15) is 5.69 Å². The van der Waals surface area contributed by atoms with Crippen molar-refractivity contribution in [3.63, 3.8) is 0 Å². The Labute approximate surface area is 166 Å². The average molecular weight is 392 g/mol. The molecule has 0 saturated carbocycles. The molecular weight excluding hydrogens is 362 g/mol. The molecule has 0 bridgehead atoms. The first-order chi connectivity index (χ1) is 13.0. The molecule has 2 aromatic rings. The second kappa shape index (κ2) is 8.05. The second-order valence-corrected chi connectivity index (χ2v) is 8.61. The molecule has 3 heterocycles. The minimum atomic E-state index is 0.263. The van der Waals surface area contributed by atoms with E-state index >= 15 is 0 Å². The predicted octanol–water partition coefficient (Wildman–Crippen LogP) is 1.51. The fraction of sp³-hybridized carbons (Fsp3) is 0.650. The molecular formula is C20H30ClN5O. The number of aliphatic hydroxyl groups excluding tert-OH is 1. The molecule has 27 heavy (non-hydrogen) atoms. The van der Waals surface area contributed by atoms with E-state index in [-0.39, 0.29) is 6.61 Å². The maximum atomic E-state index is 9.92. The summed E-state index contributed by atoms with van der Waals surface area (Å²) in [5.41, 5.74) is 2.11. The van der Waals surface area contributed by atoms with E-state index in [4.69, 9.17) is 16.7 Å². The highest BCUT2D eigenvalue weighted by Gasteiger charge is 2.34. The summed E-state index contributed by atoms with van der Waals surface area (Å²) < 4.78 is 1.91. The molecule has 2 fully saturated rings. The van der Waals surface area contributed by atoms with Crippen LogP contribution in [0, 0.1) is 11.8 Å². The van der Waals surface area contributed by atoms with Gasteiger partial charge in [-0.3, -0.25) is 9.58 Å². The summed E-state index contributed by atoms with van der Waals surface area (Å²) in [6, 6.07) is 5.97. The Kier molecular flexibility index (Phi) is 5.71. The number of hydrogen-bond acceptors (Lipinski definition) is 5. The predicted molar refractivity (Wildman–Crippen MR) is 109 cm³/mol. The lowest BCUT2D eigenvalue weighted by atomic mass is 9.96.